The lowest BCUT2D eigenvalue weighted by Crippen LogP contribution is -2.46. The summed E-state index contributed by atoms with van der Waals surface area (Å²) in [4.78, 5) is 70.3. The van der Waals surface area contributed by atoms with Gasteiger partial charge in [-0.15, -0.1) is 0 Å². The molecule has 1 saturated heterocycles. The standard InChI is InChI=1S/C32H46O13/c1-4-27(33)39-18-10-7-15-30(36)42-21-13-14-24-22-25(44-31(37)16-8-11-19-40-28(34)5-2)26(23-43-24)45-32(38)17-9-12-20-41-29(35)6-3/h4-6,24-26H,1-3,7-23H2/t24?,25-,26+/m0/s1. The third-order valence-corrected chi connectivity index (χ3v) is 6.46. The topological polar surface area (TPSA) is 167 Å². The summed E-state index contributed by atoms with van der Waals surface area (Å²) in [7, 11) is 0. The minimum atomic E-state index is -0.798. The number of esters is 6. The van der Waals surface area contributed by atoms with Crippen molar-refractivity contribution in [1.82, 2.24) is 0 Å². The van der Waals surface area contributed by atoms with E-state index in [0.717, 1.165) is 18.2 Å². The molecule has 252 valence electrons. The molecule has 0 bridgehead atoms. The smallest absolute Gasteiger partial charge is 0.330 e. The van der Waals surface area contributed by atoms with Crippen LogP contribution in [0.3, 0.4) is 0 Å². The van der Waals surface area contributed by atoms with Crippen molar-refractivity contribution in [2.45, 2.75) is 95.4 Å². The molecular formula is C32H46O13. The summed E-state index contributed by atoms with van der Waals surface area (Å²) in [5, 5.41) is 0. The summed E-state index contributed by atoms with van der Waals surface area (Å²) in [6.45, 7) is 10.7. The molecule has 1 heterocycles. The van der Waals surface area contributed by atoms with Crippen LogP contribution in [0.4, 0.5) is 0 Å². The second-order valence-corrected chi connectivity index (χ2v) is 10.1. The summed E-state index contributed by atoms with van der Waals surface area (Å²) in [5.74, 6) is -2.90. The van der Waals surface area contributed by atoms with Crippen molar-refractivity contribution < 1.29 is 61.9 Å². The van der Waals surface area contributed by atoms with E-state index in [1.807, 2.05) is 0 Å². The summed E-state index contributed by atoms with van der Waals surface area (Å²) in [6, 6.07) is 0. The quantitative estimate of drug-likeness (QED) is 0.0651. The maximum atomic E-state index is 12.6. The van der Waals surface area contributed by atoms with Crippen LogP contribution in [0, 0.1) is 0 Å². The zero-order valence-electron chi connectivity index (χ0n) is 25.9. The highest BCUT2D eigenvalue weighted by Gasteiger charge is 2.36. The Hall–Kier alpha value is -4.00. The Balaban J connectivity index is 2.49. The zero-order valence-corrected chi connectivity index (χ0v) is 25.9. The summed E-state index contributed by atoms with van der Waals surface area (Å²) >= 11 is 0. The van der Waals surface area contributed by atoms with Crippen molar-refractivity contribution >= 4 is 35.8 Å². The van der Waals surface area contributed by atoms with E-state index in [2.05, 4.69) is 19.7 Å². The normalized spacial score (nSPS) is 17.2. The molecule has 0 spiro atoms. The average molecular weight is 639 g/mol. The van der Waals surface area contributed by atoms with E-state index in [1.165, 1.54) is 0 Å². The van der Waals surface area contributed by atoms with Gasteiger partial charge < -0.3 is 33.2 Å². The minimum absolute atomic E-state index is 0.0268. The number of hydrogen-bond acceptors (Lipinski definition) is 13. The Labute approximate surface area is 264 Å². The molecule has 0 aromatic rings. The van der Waals surface area contributed by atoms with E-state index in [1.54, 1.807) is 0 Å². The second kappa shape index (κ2) is 24.3. The first-order chi connectivity index (χ1) is 21.7. The molecular weight excluding hydrogens is 592 g/mol. The van der Waals surface area contributed by atoms with E-state index >= 15 is 0 Å². The molecule has 45 heavy (non-hydrogen) atoms. The Morgan fingerprint density at radius 3 is 1.44 bits per heavy atom. The third-order valence-electron chi connectivity index (χ3n) is 6.46. The van der Waals surface area contributed by atoms with Gasteiger partial charge in [0.15, 0.2) is 6.10 Å². The molecule has 1 aliphatic heterocycles. The van der Waals surface area contributed by atoms with Crippen molar-refractivity contribution in [2.24, 2.45) is 0 Å². The number of ether oxygens (including phenoxy) is 7. The summed E-state index contributed by atoms with van der Waals surface area (Å²) in [5.41, 5.74) is 0. The fourth-order valence-electron chi connectivity index (χ4n) is 4.09. The van der Waals surface area contributed by atoms with Crippen LogP contribution in [0.25, 0.3) is 0 Å². The predicted octanol–water partition coefficient (Wildman–Crippen LogP) is 3.62. The van der Waals surface area contributed by atoms with Crippen molar-refractivity contribution in [3.05, 3.63) is 38.0 Å². The zero-order chi connectivity index (χ0) is 33.3. The Kier molecular flexibility index (Phi) is 21.1. The fourth-order valence-corrected chi connectivity index (χ4v) is 4.09. The van der Waals surface area contributed by atoms with Gasteiger partial charge in [-0.1, -0.05) is 19.7 Å². The number of carbonyl (C=O) groups is 6. The molecule has 0 aliphatic carbocycles. The second-order valence-electron chi connectivity index (χ2n) is 10.1. The SMILES string of the molecule is C=CC(=O)OCCCCC(=O)OCCCC1C[C@H](OC(=O)CCCCOC(=O)C=C)[C@H](OC(=O)CCCCOC(=O)C=C)CO1. The first kappa shape index (κ1) is 39.0. The van der Waals surface area contributed by atoms with E-state index in [4.69, 9.17) is 33.2 Å². The minimum Gasteiger partial charge on any atom is -0.466 e. The highest BCUT2D eigenvalue weighted by Crippen LogP contribution is 2.24. The molecule has 0 aromatic heterocycles. The van der Waals surface area contributed by atoms with Crippen LogP contribution >= 0.6 is 0 Å². The lowest BCUT2D eigenvalue weighted by molar-refractivity contribution is -0.190. The van der Waals surface area contributed by atoms with E-state index in [9.17, 15) is 28.8 Å². The first-order valence-electron chi connectivity index (χ1n) is 15.2. The van der Waals surface area contributed by atoms with Gasteiger partial charge in [0.05, 0.1) is 39.1 Å². The van der Waals surface area contributed by atoms with Gasteiger partial charge >= 0.3 is 35.8 Å². The van der Waals surface area contributed by atoms with Gasteiger partial charge in [0, 0.05) is 43.9 Å². The maximum Gasteiger partial charge on any atom is 0.330 e. The van der Waals surface area contributed by atoms with Crippen molar-refractivity contribution in [2.75, 3.05) is 33.0 Å². The van der Waals surface area contributed by atoms with Crippen LogP contribution < -0.4 is 0 Å². The van der Waals surface area contributed by atoms with Gasteiger partial charge in [-0.05, 0) is 51.4 Å². The lowest BCUT2D eigenvalue weighted by Gasteiger charge is -2.35. The average Bonchev–Trinajstić information content (AvgIpc) is 3.03. The first-order valence-corrected chi connectivity index (χ1v) is 15.2. The molecule has 1 rings (SSSR count). The van der Waals surface area contributed by atoms with Gasteiger partial charge in [-0.2, -0.15) is 0 Å². The molecule has 0 N–H and O–H groups in total. The van der Waals surface area contributed by atoms with E-state index in [-0.39, 0.29) is 70.8 Å². The summed E-state index contributed by atoms with van der Waals surface area (Å²) < 4.78 is 37.1. The van der Waals surface area contributed by atoms with E-state index < -0.39 is 42.1 Å². The van der Waals surface area contributed by atoms with Gasteiger partial charge in [-0.3, -0.25) is 14.4 Å². The van der Waals surface area contributed by atoms with Crippen molar-refractivity contribution in [3.63, 3.8) is 0 Å². The van der Waals surface area contributed by atoms with Crippen LogP contribution in [-0.4, -0.2) is 87.2 Å². The van der Waals surface area contributed by atoms with Crippen LogP contribution in [-0.2, 0) is 61.9 Å². The van der Waals surface area contributed by atoms with Crippen LogP contribution in [0.15, 0.2) is 38.0 Å². The molecule has 13 nitrogen and oxygen atoms in total. The number of carbonyl (C=O) groups excluding carboxylic acids is 6. The molecule has 0 saturated carbocycles. The Morgan fingerprint density at radius 2 is 0.978 bits per heavy atom. The largest absolute Gasteiger partial charge is 0.466 e. The number of unbranched alkanes of at least 4 members (excludes halogenated alkanes) is 3. The molecule has 1 unspecified atom stereocenters. The molecule has 0 radical (unpaired) electrons. The highest BCUT2D eigenvalue weighted by atomic mass is 16.6. The molecule has 3 atom stereocenters. The molecule has 13 heteroatoms. The van der Waals surface area contributed by atoms with E-state index in [0.29, 0.717) is 51.4 Å². The third kappa shape index (κ3) is 19.8. The molecule has 0 aromatic carbocycles. The van der Waals surface area contributed by atoms with Crippen LogP contribution in [0.2, 0.25) is 0 Å². The molecule has 1 fully saturated rings. The fraction of sp³-hybridized carbons (Fsp3) is 0.625. The molecule has 1 aliphatic rings. The van der Waals surface area contributed by atoms with Crippen molar-refractivity contribution in [3.8, 4) is 0 Å². The maximum absolute atomic E-state index is 12.6. The Morgan fingerprint density at radius 1 is 0.556 bits per heavy atom. The van der Waals surface area contributed by atoms with Crippen molar-refractivity contribution in [1.29, 1.82) is 0 Å². The van der Waals surface area contributed by atoms with Crippen LogP contribution in [0.1, 0.15) is 77.0 Å². The monoisotopic (exact) mass is 638 g/mol. The summed E-state index contributed by atoms with van der Waals surface area (Å²) in [6.07, 6.45) is 5.91. The lowest BCUT2D eigenvalue weighted by atomic mass is 9.99. The predicted molar refractivity (Wildman–Crippen MR) is 159 cm³/mol. The van der Waals surface area contributed by atoms with Gasteiger partial charge in [0.25, 0.3) is 0 Å². The molecule has 0 amide bonds. The Bertz CT molecular complexity index is 988. The number of hydrogen-bond donors (Lipinski definition) is 0. The van der Waals surface area contributed by atoms with Gasteiger partial charge in [-0.25, -0.2) is 14.4 Å². The van der Waals surface area contributed by atoms with Crippen LogP contribution in [0.5, 0.6) is 0 Å². The van der Waals surface area contributed by atoms with Gasteiger partial charge in [0.1, 0.15) is 6.10 Å². The number of rotatable bonds is 24. The van der Waals surface area contributed by atoms with Gasteiger partial charge in [0.2, 0.25) is 0 Å². The highest BCUT2D eigenvalue weighted by molar-refractivity contribution is 5.81.